The first-order valence-corrected chi connectivity index (χ1v) is 7.68. The van der Waals surface area contributed by atoms with Gasteiger partial charge in [0.2, 0.25) is 0 Å². The van der Waals surface area contributed by atoms with Crippen LogP contribution in [-0.4, -0.2) is 42.2 Å². The summed E-state index contributed by atoms with van der Waals surface area (Å²) in [4.78, 5) is 2.57. The third kappa shape index (κ3) is 2.84. The quantitative estimate of drug-likeness (QED) is 0.896. The zero-order chi connectivity index (χ0) is 14.3. The van der Waals surface area contributed by atoms with Gasteiger partial charge >= 0.3 is 0 Å². The second-order valence-corrected chi connectivity index (χ2v) is 7.10. The lowest BCUT2D eigenvalue weighted by Gasteiger charge is -2.44. The molecule has 2 unspecified atom stereocenters. The van der Waals surface area contributed by atoms with Crippen molar-refractivity contribution in [3.8, 4) is 5.75 Å². The lowest BCUT2D eigenvalue weighted by atomic mass is 9.98. The van der Waals surface area contributed by atoms with Crippen LogP contribution < -0.4 is 10.1 Å². The molecule has 0 bridgehead atoms. The number of benzene rings is 1. The minimum absolute atomic E-state index is 0.203. The summed E-state index contributed by atoms with van der Waals surface area (Å²) >= 11 is 0. The molecule has 2 aliphatic rings. The molecule has 3 nitrogen and oxygen atoms in total. The predicted octanol–water partition coefficient (Wildman–Crippen LogP) is 2.37. The molecular weight excluding hydrogens is 248 g/mol. The molecule has 0 amide bonds. The van der Waals surface area contributed by atoms with Gasteiger partial charge < -0.3 is 10.1 Å². The number of rotatable bonds is 2. The average molecular weight is 274 g/mol. The number of nitrogens with zero attached hydrogens (tertiary/aromatic N) is 1. The van der Waals surface area contributed by atoms with Gasteiger partial charge in [-0.2, -0.15) is 0 Å². The lowest BCUT2D eigenvalue weighted by Crippen LogP contribution is -2.62. The minimum atomic E-state index is 0.203. The normalized spacial score (nSPS) is 29.0. The van der Waals surface area contributed by atoms with Gasteiger partial charge in [0.15, 0.2) is 0 Å². The van der Waals surface area contributed by atoms with Gasteiger partial charge in [0, 0.05) is 37.6 Å². The van der Waals surface area contributed by atoms with E-state index >= 15 is 0 Å². The Kier molecular flexibility index (Phi) is 3.51. The fourth-order valence-electron chi connectivity index (χ4n) is 3.33. The summed E-state index contributed by atoms with van der Waals surface area (Å²) in [7, 11) is 0. The number of ether oxygens (including phenoxy) is 1. The summed E-state index contributed by atoms with van der Waals surface area (Å²) in [5, 5.41) is 3.61. The monoisotopic (exact) mass is 274 g/mol. The Bertz CT molecular complexity index is 498. The number of hydrogen-bond donors (Lipinski definition) is 1. The van der Waals surface area contributed by atoms with Crippen LogP contribution >= 0.6 is 0 Å². The van der Waals surface area contributed by atoms with E-state index in [1.807, 2.05) is 0 Å². The van der Waals surface area contributed by atoms with Crippen molar-refractivity contribution in [2.75, 3.05) is 19.6 Å². The van der Waals surface area contributed by atoms with Crippen molar-refractivity contribution in [2.45, 2.75) is 51.8 Å². The van der Waals surface area contributed by atoms with Gasteiger partial charge in [-0.3, -0.25) is 4.90 Å². The standard InChI is InChI=1S/C17H26N2O/c1-12-5-6-16-14(7-12)8-15(20-16)10-19-11-17(3,4)18-9-13(19)2/h5-7,13,15,18H,8-11H2,1-4H3. The first kappa shape index (κ1) is 13.9. The van der Waals surface area contributed by atoms with Crippen LogP contribution in [0.5, 0.6) is 5.75 Å². The van der Waals surface area contributed by atoms with Gasteiger partial charge in [-0.05, 0) is 39.3 Å². The fourth-order valence-corrected chi connectivity index (χ4v) is 3.33. The van der Waals surface area contributed by atoms with Gasteiger partial charge in [-0.25, -0.2) is 0 Å². The maximum absolute atomic E-state index is 6.12. The molecule has 0 aromatic heterocycles. The topological polar surface area (TPSA) is 24.5 Å². The van der Waals surface area contributed by atoms with Crippen molar-refractivity contribution in [3.63, 3.8) is 0 Å². The van der Waals surface area contributed by atoms with Crippen molar-refractivity contribution >= 4 is 0 Å². The Morgan fingerprint density at radius 1 is 1.40 bits per heavy atom. The van der Waals surface area contributed by atoms with Crippen LogP contribution in [-0.2, 0) is 6.42 Å². The summed E-state index contributed by atoms with van der Waals surface area (Å²) in [6, 6.07) is 7.10. The van der Waals surface area contributed by atoms with Crippen LogP contribution in [0.4, 0.5) is 0 Å². The van der Waals surface area contributed by atoms with E-state index < -0.39 is 0 Å². The third-order valence-electron chi connectivity index (χ3n) is 4.49. The smallest absolute Gasteiger partial charge is 0.123 e. The van der Waals surface area contributed by atoms with Crippen molar-refractivity contribution < 1.29 is 4.74 Å². The Labute approximate surface area is 122 Å². The van der Waals surface area contributed by atoms with Crippen LogP contribution in [0.3, 0.4) is 0 Å². The maximum Gasteiger partial charge on any atom is 0.123 e. The summed E-state index contributed by atoms with van der Waals surface area (Å²) in [5.74, 6) is 1.09. The van der Waals surface area contributed by atoms with Gasteiger partial charge in [0.25, 0.3) is 0 Å². The van der Waals surface area contributed by atoms with E-state index in [9.17, 15) is 0 Å². The number of aryl methyl sites for hydroxylation is 1. The summed E-state index contributed by atoms with van der Waals surface area (Å²) in [6.07, 6.45) is 1.36. The molecule has 0 radical (unpaired) electrons. The van der Waals surface area contributed by atoms with E-state index in [4.69, 9.17) is 4.74 Å². The molecule has 0 aliphatic carbocycles. The number of hydrogen-bond acceptors (Lipinski definition) is 3. The van der Waals surface area contributed by atoms with Crippen molar-refractivity contribution in [1.29, 1.82) is 0 Å². The van der Waals surface area contributed by atoms with E-state index in [2.05, 4.69) is 56.1 Å². The Balaban J connectivity index is 1.65. The molecule has 0 spiro atoms. The fraction of sp³-hybridized carbons (Fsp3) is 0.647. The van der Waals surface area contributed by atoms with Crippen LogP contribution in [0.15, 0.2) is 18.2 Å². The van der Waals surface area contributed by atoms with E-state index in [0.29, 0.717) is 12.1 Å². The highest BCUT2D eigenvalue weighted by Gasteiger charge is 2.33. The predicted molar refractivity (Wildman–Crippen MR) is 82.4 cm³/mol. The van der Waals surface area contributed by atoms with Crippen molar-refractivity contribution in [3.05, 3.63) is 29.3 Å². The van der Waals surface area contributed by atoms with Gasteiger partial charge in [-0.15, -0.1) is 0 Å². The highest BCUT2D eigenvalue weighted by molar-refractivity contribution is 5.40. The zero-order valence-electron chi connectivity index (χ0n) is 13.1. The minimum Gasteiger partial charge on any atom is -0.488 e. The molecule has 0 saturated carbocycles. The number of fused-ring (bicyclic) bond motifs is 1. The van der Waals surface area contributed by atoms with Crippen molar-refractivity contribution in [2.24, 2.45) is 0 Å². The van der Waals surface area contributed by atoms with Crippen molar-refractivity contribution in [1.82, 2.24) is 10.2 Å². The molecule has 2 aliphatic heterocycles. The summed E-state index contributed by atoms with van der Waals surface area (Å²) in [5.41, 5.74) is 2.90. The van der Waals surface area contributed by atoms with E-state index in [0.717, 1.165) is 31.8 Å². The number of piperazine rings is 1. The number of nitrogens with one attached hydrogen (secondary N) is 1. The van der Waals surface area contributed by atoms with E-state index in [1.54, 1.807) is 0 Å². The molecule has 3 heteroatoms. The average Bonchev–Trinajstić information content (AvgIpc) is 2.75. The summed E-state index contributed by atoms with van der Waals surface area (Å²) < 4.78 is 6.12. The second-order valence-electron chi connectivity index (χ2n) is 7.10. The molecule has 1 aromatic rings. The van der Waals surface area contributed by atoms with E-state index in [-0.39, 0.29) is 5.54 Å². The highest BCUT2D eigenvalue weighted by Crippen LogP contribution is 2.30. The van der Waals surface area contributed by atoms with Gasteiger partial charge in [-0.1, -0.05) is 17.7 Å². The molecule has 1 aromatic carbocycles. The van der Waals surface area contributed by atoms with Crippen LogP contribution in [0, 0.1) is 6.92 Å². The maximum atomic E-state index is 6.12. The van der Waals surface area contributed by atoms with Gasteiger partial charge in [0.1, 0.15) is 11.9 Å². The molecule has 1 N–H and O–H groups in total. The Hall–Kier alpha value is -1.06. The van der Waals surface area contributed by atoms with Crippen LogP contribution in [0.2, 0.25) is 0 Å². The molecule has 2 heterocycles. The summed E-state index contributed by atoms with van der Waals surface area (Å²) in [6.45, 7) is 12.2. The van der Waals surface area contributed by atoms with Gasteiger partial charge in [0.05, 0.1) is 0 Å². The molecule has 1 fully saturated rings. The zero-order valence-corrected chi connectivity index (χ0v) is 13.1. The first-order valence-electron chi connectivity index (χ1n) is 7.68. The van der Waals surface area contributed by atoms with Crippen LogP contribution in [0.25, 0.3) is 0 Å². The van der Waals surface area contributed by atoms with Crippen LogP contribution in [0.1, 0.15) is 31.9 Å². The largest absolute Gasteiger partial charge is 0.488 e. The molecule has 20 heavy (non-hydrogen) atoms. The van der Waals surface area contributed by atoms with E-state index in [1.165, 1.54) is 11.1 Å². The Morgan fingerprint density at radius 2 is 2.20 bits per heavy atom. The third-order valence-corrected chi connectivity index (χ3v) is 4.49. The highest BCUT2D eigenvalue weighted by atomic mass is 16.5. The molecule has 1 saturated heterocycles. The second kappa shape index (κ2) is 5.05. The molecular formula is C17H26N2O. The molecule has 3 rings (SSSR count). The molecule has 110 valence electrons. The lowest BCUT2D eigenvalue weighted by molar-refractivity contribution is 0.0652. The Morgan fingerprint density at radius 3 is 3.00 bits per heavy atom. The SMILES string of the molecule is Cc1ccc2c(c1)CC(CN1CC(C)(C)NCC1C)O2. The molecule has 2 atom stereocenters. The first-order chi connectivity index (χ1) is 9.43.